The van der Waals surface area contributed by atoms with E-state index >= 15 is 0 Å². The van der Waals surface area contributed by atoms with Gasteiger partial charge in [0.1, 0.15) is 6.54 Å². The summed E-state index contributed by atoms with van der Waals surface area (Å²) in [6, 6.07) is 13.7. The van der Waals surface area contributed by atoms with Gasteiger partial charge in [-0.3, -0.25) is 9.59 Å². The highest BCUT2D eigenvalue weighted by Gasteiger charge is 2.21. The second-order valence-corrected chi connectivity index (χ2v) is 7.02. The van der Waals surface area contributed by atoms with E-state index in [1.807, 2.05) is 13.0 Å². The molecule has 3 rings (SSSR count). The highest BCUT2D eigenvalue weighted by atomic mass is 35.5. The summed E-state index contributed by atoms with van der Waals surface area (Å²) >= 11 is 6.05. The van der Waals surface area contributed by atoms with Crippen molar-refractivity contribution in [3.8, 4) is 0 Å². The number of quaternary nitrogens is 1. The van der Waals surface area contributed by atoms with Crippen LogP contribution in [0.4, 0.5) is 5.69 Å². The Bertz CT molecular complexity index is 822. The molecule has 0 radical (unpaired) electrons. The minimum Gasteiger partial charge on any atom is -0.342 e. The zero-order valence-electron chi connectivity index (χ0n) is 14.8. The molecule has 1 heterocycles. The van der Waals surface area contributed by atoms with Crippen LogP contribution in [0.2, 0.25) is 5.02 Å². The fourth-order valence-corrected chi connectivity index (χ4v) is 3.37. The van der Waals surface area contributed by atoms with Gasteiger partial charge < -0.3 is 15.5 Å². The molecule has 5 nitrogen and oxygen atoms in total. The molecular formula is C20H23ClN3O2+. The van der Waals surface area contributed by atoms with Crippen molar-refractivity contribution in [3.05, 3.63) is 64.2 Å². The summed E-state index contributed by atoms with van der Waals surface area (Å²) in [6.45, 7) is 3.94. The molecule has 3 N–H and O–H groups in total. The van der Waals surface area contributed by atoms with Crippen LogP contribution in [0.15, 0.2) is 42.5 Å². The van der Waals surface area contributed by atoms with Gasteiger partial charge >= 0.3 is 0 Å². The Labute approximate surface area is 158 Å². The Balaban J connectivity index is 1.46. The zero-order valence-corrected chi connectivity index (χ0v) is 15.5. The highest BCUT2D eigenvalue weighted by Crippen LogP contribution is 2.22. The van der Waals surface area contributed by atoms with E-state index in [2.05, 4.69) is 28.8 Å². The van der Waals surface area contributed by atoms with E-state index in [4.69, 9.17) is 11.6 Å². The molecule has 0 saturated heterocycles. The number of carbonyl (C=O) groups is 2. The molecule has 0 spiro atoms. The zero-order chi connectivity index (χ0) is 18.5. The number of anilines is 1. The summed E-state index contributed by atoms with van der Waals surface area (Å²) in [7, 11) is 0. The van der Waals surface area contributed by atoms with Crippen LogP contribution in [-0.2, 0) is 22.6 Å². The standard InChI is InChI=1S/C20H22ClN3O2/c1-14-17(21)7-4-8-18(14)23-19(25)11-22-20(26)13-24-10-9-15-5-2-3-6-16(15)12-24/h2-8H,9-13H2,1H3,(H,22,26)(H,23,25)/p+1. The van der Waals surface area contributed by atoms with Gasteiger partial charge in [0.2, 0.25) is 5.91 Å². The van der Waals surface area contributed by atoms with Crippen LogP contribution >= 0.6 is 11.6 Å². The predicted octanol–water partition coefficient (Wildman–Crippen LogP) is 1.34. The van der Waals surface area contributed by atoms with Gasteiger partial charge in [-0.15, -0.1) is 0 Å². The smallest absolute Gasteiger partial charge is 0.275 e. The number of rotatable bonds is 5. The lowest BCUT2D eigenvalue weighted by atomic mass is 10.00. The van der Waals surface area contributed by atoms with E-state index in [1.54, 1.807) is 18.2 Å². The third-order valence-corrected chi connectivity index (χ3v) is 5.11. The lowest BCUT2D eigenvalue weighted by molar-refractivity contribution is -0.908. The molecule has 2 amide bonds. The molecule has 1 unspecified atom stereocenters. The minimum atomic E-state index is -0.261. The van der Waals surface area contributed by atoms with Gasteiger partial charge in [-0.25, -0.2) is 0 Å². The van der Waals surface area contributed by atoms with Crippen molar-refractivity contribution in [1.29, 1.82) is 0 Å². The largest absolute Gasteiger partial charge is 0.342 e. The number of hydrogen-bond acceptors (Lipinski definition) is 2. The summed E-state index contributed by atoms with van der Waals surface area (Å²) in [5, 5.41) is 6.08. The quantitative estimate of drug-likeness (QED) is 0.741. The molecular weight excluding hydrogens is 350 g/mol. The maximum Gasteiger partial charge on any atom is 0.275 e. The van der Waals surface area contributed by atoms with E-state index < -0.39 is 0 Å². The minimum absolute atomic E-state index is 0.0470. The van der Waals surface area contributed by atoms with Gasteiger partial charge in [-0.05, 0) is 30.2 Å². The Morgan fingerprint density at radius 2 is 1.85 bits per heavy atom. The summed E-state index contributed by atoms with van der Waals surface area (Å²) in [5.41, 5.74) is 4.14. The van der Waals surface area contributed by atoms with E-state index in [0.717, 1.165) is 25.1 Å². The first-order valence-corrected chi connectivity index (χ1v) is 9.12. The molecule has 0 bridgehead atoms. The molecule has 26 heavy (non-hydrogen) atoms. The van der Waals surface area contributed by atoms with E-state index in [0.29, 0.717) is 17.3 Å². The third kappa shape index (κ3) is 4.62. The fraction of sp³-hybridized carbons (Fsp3) is 0.300. The van der Waals surface area contributed by atoms with Gasteiger partial charge in [0.05, 0.1) is 13.1 Å². The maximum absolute atomic E-state index is 12.2. The summed E-state index contributed by atoms with van der Waals surface area (Å²) in [4.78, 5) is 25.4. The Hall–Kier alpha value is -2.37. The number of carbonyl (C=O) groups excluding carboxylic acids is 2. The molecule has 0 fully saturated rings. The Morgan fingerprint density at radius 1 is 1.08 bits per heavy atom. The first kappa shape index (κ1) is 18.4. The van der Waals surface area contributed by atoms with Crippen molar-refractivity contribution in [3.63, 3.8) is 0 Å². The number of nitrogens with one attached hydrogen (secondary N) is 3. The average Bonchev–Trinajstić information content (AvgIpc) is 2.64. The maximum atomic E-state index is 12.2. The van der Waals surface area contributed by atoms with Crippen molar-refractivity contribution < 1.29 is 14.5 Å². The van der Waals surface area contributed by atoms with Crippen molar-refractivity contribution in [1.82, 2.24) is 5.32 Å². The van der Waals surface area contributed by atoms with Gasteiger partial charge in [0.15, 0.2) is 6.54 Å². The predicted molar refractivity (Wildman–Crippen MR) is 102 cm³/mol. The van der Waals surface area contributed by atoms with Crippen LogP contribution in [-0.4, -0.2) is 31.4 Å². The fourth-order valence-electron chi connectivity index (χ4n) is 3.20. The first-order valence-electron chi connectivity index (χ1n) is 8.75. The highest BCUT2D eigenvalue weighted by molar-refractivity contribution is 6.31. The summed E-state index contributed by atoms with van der Waals surface area (Å²) < 4.78 is 0. The molecule has 1 aliphatic heterocycles. The van der Waals surface area contributed by atoms with Crippen LogP contribution < -0.4 is 15.5 Å². The lowest BCUT2D eigenvalue weighted by Crippen LogP contribution is -3.12. The van der Waals surface area contributed by atoms with E-state index in [1.165, 1.54) is 16.0 Å². The second kappa shape index (κ2) is 8.34. The van der Waals surface area contributed by atoms with E-state index in [9.17, 15) is 9.59 Å². The van der Waals surface area contributed by atoms with Crippen molar-refractivity contribution in [2.45, 2.75) is 19.9 Å². The van der Waals surface area contributed by atoms with Crippen LogP contribution in [0.1, 0.15) is 16.7 Å². The molecule has 2 aromatic rings. The molecule has 0 aliphatic carbocycles. The molecule has 1 atom stereocenters. The normalized spacial score (nSPS) is 15.8. The molecule has 6 heteroatoms. The molecule has 1 aliphatic rings. The monoisotopic (exact) mass is 372 g/mol. The molecule has 0 saturated carbocycles. The van der Waals surface area contributed by atoms with Crippen LogP contribution in [0.5, 0.6) is 0 Å². The number of halogens is 1. The van der Waals surface area contributed by atoms with Crippen LogP contribution in [0, 0.1) is 6.92 Å². The van der Waals surface area contributed by atoms with E-state index in [-0.39, 0.29) is 18.4 Å². The number of amides is 2. The van der Waals surface area contributed by atoms with Crippen molar-refractivity contribution in [2.24, 2.45) is 0 Å². The topological polar surface area (TPSA) is 62.6 Å². The van der Waals surface area contributed by atoms with Gasteiger partial charge in [-0.2, -0.15) is 0 Å². The van der Waals surface area contributed by atoms with Gasteiger partial charge in [0, 0.05) is 22.7 Å². The van der Waals surface area contributed by atoms with Crippen LogP contribution in [0.3, 0.4) is 0 Å². The number of fused-ring (bicyclic) bond motifs is 1. The molecule has 2 aromatic carbocycles. The third-order valence-electron chi connectivity index (χ3n) is 4.71. The van der Waals surface area contributed by atoms with Crippen molar-refractivity contribution >= 4 is 29.1 Å². The first-order chi connectivity index (χ1) is 12.5. The van der Waals surface area contributed by atoms with Gasteiger partial charge in [0.25, 0.3) is 5.91 Å². The average molecular weight is 373 g/mol. The number of hydrogen-bond donors (Lipinski definition) is 3. The summed E-state index contributed by atoms with van der Waals surface area (Å²) in [6.07, 6.45) is 0.979. The number of benzene rings is 2. The second-order valence-electron chi connectivity index (χ2n) is 6.61. The molecule has 136 valence electrons. The van der Waals surface area contributed by atoms with Crippen LogP contribution in [0.25, 0.3) is 0 Å². The lowest BCUT2D eigenvalue weighted by Gasteiger charge is -2.25. The van der Waals surface area contributed by atoms with Gasteiger partial charge in [-0.1, -0.05) is 41.9 Å². The SMILES string of the molecule is Cc1c(Cl)cccc1NC(=O)CNC(=O)C[NH+]1CCc2ccccc2C1. The van der Waals surface area contributed by atoms with Crippen molar-refractivity contribution in [2.75, 3.05) is 25.0 Å². The Morgan fingerprint density at radius 3 is 2.65 bits per heavy atom. The molecule has 0 aromatic heterocycles. The Kier molecular flexibility index (Phi) is 5.91. The summed E-state index contributed by atoms with van der Waals surface area (Å²) in [5.74, 6) is -0.375.